The molecule has 4 aliphatic rings. The Labute approximate surface area is 186 Å². The molecule has 0 bridgehead atoms. The summed E-state index contributed by atoms with van der Waals surface area (Å²) < 4.78 is 0. The van der Waals surface area contributed by atoms with Gasteiger partial charge in [0, 0.05) is 0 Å². The van der Waals surface area contributed by atoms with Crippen molar-refractivity contribution in [3.8, 4) is 0 Å². The summed E-state index contributed by atoms with van der Waals surface area (Å²) in [4.78, 5) is 0. The average molecular weight is 419 g/mol. The molecule has 11 atom stereocenters. The molecule has 4 aliphatic carbocycles. The van der Waals surface area contributed by atoms with Crippen molar-refractivity contribution in [3.63, 3.8) is 0 Å². The fraction of sp³-hybridized carbons (Fsp3) is 1.00. The van der Waals surface area contributed by atoms with Crippen LogP contribution in [0.5, 0.6) is 0 Å². The molecular weight excluding hydrogens is 368 g/mol. The SMILES string of the molecule is CCCCCC(C)C1CCC2C3C(O)C(CC)C4CC(O)CCC4(C)C3CCC12C. The maximum absolute atomic E-state index is 11.8. The zero-order valence-electron chi connectivity index (χ0n) is 20.6. The van der Waals surface area contributed by atoms with Crippen LogP contribution < -0.4 is 0 Å². The minimum Gasteiger partial charge on any atom is -0.393 e. The Balaban J connectivity index is 1.59. The molecule has 2 heteroatoms. The van der Waals surface area contributed by atoms with Crippen LogP contribution in [0.25, 0.3) is 0 Å². The van der Waals surface area contributed by atoms with E-state index in [0.717, 1.165) is 31.1 Å². The highest BCUT2D eigenvalue weighted by atomic mass is 16.3. The monoisotopic (exact) mass is 418 g/mol. The van der Waals surface area contributed by atoms with Gasteiger partial charge in [-0.25, -0.2) is 0 Å². The van der Waals surface area contributed by atoms with Crippen molar-refractivity contribution in [2.75, 3.05) is 0 Å². The molecule has 0 saturated heterocycles. The van der Waals surface area contributed by atoms with Crippen LogP contribution in [-0.4, -0.2) is 22.4 Å². The maximum atomic E-state index is 11.8. The summed E-state index contributed by atoms with van der Waals surface area (Å²) in [6, 6.07) is 0. The van der Waals surface area contributed by atoms with E-state index in [2.05, 4.69) is 34.6 Å². The molecule has 0 aromatic heterocycles. The third-order valence-corrected chi connectivity index (χ3v) is 11.4. The molecule has 0 aromatic rings. The molecular formula is C28H50O2. The van der Waals surface area contributed by atoms with Gasteiger partial charge >= 0.3 is 0 Å². The summed E-state index contributed by atoms with van der Waals surface area (Å²) in [5.41, 5.74) is 0.763. The predicted molar refractivity (Wildman–Crippen MR) is 125 cm³/mol. The lowest BCUT2D eigenvalue weighted by atomic mass is 9.41. The topological polar surface area (TPSA) is 40.5 Å². The largest absolute Gasteiger partial charge is 0.393 e. The van der Waals surface area contributed by atoms with Crippen molar-refractivity contribution in [1.82, 2.24) is 0 Å². The van der Waals surface area contributed by atoms with Crippen molar-refractivity contribution < 1.29 is 10.2 Å². The Bertz CT molecular complexity index is 589. The zero-order valence-corrected chi connectivity index (χ0v) is 20.6. The number of hydrogen-bond acceptors (Lipinski definition) is 2. The number of unbranched alkanes of at least 4 members (excludes halogenated alkanes) is 2. The second-order valence-corrected chi connectivity index (χ2v) is 12.6. The second-order valence-electron chi connectivity index (χ2n) is 12.6. The van der Waals surface area contributed by atoms with Crippen LogP contribution in [-0.2, 0) is 0 Å². The van der Waals surface area contributed by atoms with Gasteiger partial charge in [0.1, 0.15) is 0 Å². The zero-order chi connectivity index (χ0) is 21.7. The lowest BCUT2D eigenvalue weighted by Crippen LogP contribution is -2.62. The highest BCUT2D eigenvalue weighted by molar-refractivity contribution is 5.13. The molecule has 174 valence electrons. The molecule has 4 fully saturated rings. The Morgan fingerprint density at radius 2 is 1.57 bits per heavy atom. The van der Waals surface area contributed by atoms with E-state index in [1.165, 1.54) is 57.8 Å². The third kappa shape index (κ3) is 3.51. The van der Waals surface area contributed by atoms with Crippen molar-refractivity contribution in [1.29, 1.82) is 0 Å². The van der Waals surface area contributed by atoms with Crippen molar-refractivity contribution in [2.24, 2.45) is 52.3 Å². The molecule has 2 nitrogen and oxygen atoms in total. The molecule has 2 N–H and O–H groups in total. The van der Waals surface area contributed by atoms with E-state index in [9.17, 15) is 10.2 Å². The maximum Gasteiger partial charge on any atom is 0.0605 e. The molecule has 0 spiro atoms. The number of aliphatic hydroxyl groups is 2. The van der Waals surface area contributed by atoms with Crippen LogP contribution >= 0.6 is 0 Å². The van der Waals surface area contributed by atoms with Gasteiger partial charge in [-0.2, -0.15) is 0 Å². The summed E-state index contributed by atoms with van der Waals surface area (Å²) in [5, 5.41) is 22.2. The van der Waals surface area contributed by atoms with Gasteiger partial charge in [-0.1, -0.05) is 66.7 Å². The van der Waals surface area contributed by atoms with Gasteiger partial charge in [0.15, 0.2) is 0 Å². The van der Waals surface area contributed by atoms with Crippen LogP contribution in [0.3, 0.4) is 0 Å². The molecule has 0 aromatic carbocycles. The molecule has 0 heterocycles. The normalized spacial score (nSPS) is 51.7. The van der Waals surface area contributed by atoms with E-state index in [4.69, 9.17) is 0 Å². The standard InChI is InChI=1S/C28H50O2/c1-6-8-9-10-18(3)21-11-12-22-25-23(14-16-27(21,22)4)28(5)15-13-19(29)17-24(28)20(7-2)26(25)30/h18-26,29-30H,6-17H2,1-5H3. The molecule has 4 rings (SSSR count). The van der Waals surface area contributed by atoms with E-state index in [-0.39, 0.29) is 12.2 Å². The first-order chi connectivity index (χ1) is 14.3. The fourth-order valence-corrected chi connectivity index (χ4v) is 9.85. The van der Waals surface area contributed by atoms with Crippen LogP contribution in [0.15, 0.2) is 0 Å². The second kappa shape index (κ2) is 8.69. The lowest BCUT2D eigenvalue weighted by Gasteiger charge is -2.64. The van der Waals surface area contributed by atoms with Gasteiger partial charge < -0.3 is 10.2 Å². The van der Waals surface area contributed by atoms with Gasteiger partial charge in [0.25, 0.3) is 0 Å². The summed E-state index contributed by atoms with van der Waals surface area (Å²) in [5.74, 6) is 4.46. The van der Waals surface area contributed by atoms with Crippen molar-refractivity contribution >= 4 is 0 Å². The highest BCUT2D eigenvalue weighted by Gasteiger charge is 2.64. The molecule has 11 unspecified atom stereocenters. The average Bonchev–Trinajstić information content (AvgIpc) is 3.07. The van der Waals surface area contributed by atoms with E-state index >= 15 is 0 Å². The molecule has 30 heavy (non-hydrogen) atoms. The Hall–Kier alpha value is -0.0800. The first-order valence-corrected chi connectivity index (χ1v) is 13.6. The van der Waals surface area contributed by atoms with Gasteiger partial charge in [-0.05, 0) is 97.2 Å². The van der Waals surface area contributed by atoms with Gasteiger partial charge in [0.2, 0.25) is 0 Å². The molecule has 0 radical (unpaired) electrons. The van der Waals surface area contributed by atoms with E-state index in [1.807, 2.05) is 0 Å². The number of hydrogen-bond donors (Lipinski definition) is 2. The lowest BCUT2D eigenvalue weighted by molar-refractivity contribution is -0.203. The quantitative estimate of drug-likeness (QED) is 0.464. The molecule has 4 saturated carbocycles. The van der Waals surface area contributed by atoms with Crippen LogP contribution in [0.2, 0.25) is 0 Å². The predicted octanol–water partition coefficient (Wildman–Crippen LogP) is 6.83. The first kappa shape index (κ1) is 23.1. The number of fused-ring (bicyclic) bond motifs is 5. The Morgan fingerprint density at radius 3 is 2.27 bits per heavy atom. The van der Waals surface area contributed by atoms with Crippen LogP contribution in [0.4, 0.5) is 0 Å². The molecule has 0 amide bonds. The number of rotatable bonds is 6. The number of aliphatic hydroxyl groups excluding tert-OH is 2. The Kier molecular flexibility index (Phi) is 6.69. The molecule has 0 aliphatic heterocycles. The van der Waals surface area contributed by atoms with E-state index in [0.29, 0.717) is 40.4 Å². The van der Waals surface area contributed by atoms with Crippen LogP contribution in [0.1, 0.15) is 112 Å². The fourth-order valence-electron chi connectivity index (χ4n) is 9.85. The summed E-state index contributed by atoms with van der Waals surface area (Å²) in [7, 11) is 0. The van der Waals surface area contributed by atoms with Gasteiger partial charge in [0.05, 0.1) is 12.2 Å². The summed E-state index contributed by atoms with van der Waals surface area (Å²) >= 11 is 0. The van der Waals surface area contributed by atoms with Crippen molar-refractivity contribution in [3.05, 3.63) is 0 Å². The van der Waals surface area contributed by atoms with Gasteiger partial charge in [-0.15, -0.1) is 0 Å². The Morgan fingerprint density at radius 1 is 0.867 bits per heavy atom. The highest BCUT2D eigenvalue weighted by Crippen LogP contribution is 2.69. The van der Waals surface area contributed by atoms with Crippen molar-refractivity contribution in [2.45, 2.75) is 124 Å². The summed E-state index contributed by atoms with van der Waals surface area (Å²) in [6.45, 7) is 12.3. The van der Waals surface area contributed by atoms with E-state index in [1.54, 1.807) is 0 Å². The first-order valence-electron chi connectivity index (χ1n) is 13.6. The smallest absolute Gasteiger partial charge is 0.0605 e. The van der Waals surface area contributed by atoms with Gasteiger partial charge in [-0.3, -0.25) is 0 Å². The van der Waals surface area contributed by atoms with Crippen LogP contribution in [0, 0.1) is 52.3 Å². The minimum atomic E-state index is -0.151. The summed E-state index contributed by atoms with van der Waals surface area (Å²) in [6.07, 6.45) is 14.7. The minimum absolute atomic E-state index is 0.144. The third-order valence-electron chi connectivity index (χ3n) is 11.4. The van der Waals surface area contributed by atoms with E-state index < -0.39 is 0 Å².